The van der Waals surface area contributed by atoms with E-state index < -0.39 is 5.67 Å². The van der Waals surface area contributed by atoms with Gasteiger partial charge in [-0.15, -0.1) is 0 Å². The first-order chi connectivity index (χ1) is 7.51. The van der Waals surface area contributed by atoms with Crippen LogP contribution in [0, 0.1) is 0 Å². The van der Waals surface area contributed by atoms with E-state index in [1.165, 1.54) is 0 Å². The zero-order chi connectivity index (χ0) is 12.2. The van der Waals surface area contributed by atoms with Gasteiger partial charge in [0, 0.05) is 11.6 Å². The summed E-state index contributed by atoms with van der Waals surface area (Å²) in [5, 5.41) is 3.51. The highest BCUT2D eigenvalue weighted by Gasteiger charge is 2.25. The number of benzene rings is 1. The molecule has 90 valence electrons. The smallest absolute Gasteiger partial charge is 0.145 e. The van der Waals surface area contributed by atoms with Gasteiger partial charge in [0.1, 0.15) is 5.67 Å². The molecule has 1 unspecified atom stereocenters. The van der Waals surface area contributed by atoms with Crippen molar-refractivity contribution >= 4 is 11.6 Å². The molecule has 1 nitrogen and oxygen atoms in total. The van der Waals surface area contributed by atoms with E-state index in [2.05, 4.69) is 12.2 Å². The van der Waals surface area contributed by atoms with Crippen LogP contribution in [-0.2, 0) is 12.1 Å². The van der Waals surface area contributed by atoms with Gasteiger partial charge in [-0.25, -0.2) is 4.39 Å². The van der Waals surface area contributed by atoms with Gasteiger partial charge in [-0.1, -0.05) is 37.1 Å². The van der Waals surface area contributed by atoms with Crippen LogP contribution in [0.4, 0.5) is 4.39 Å². The number of nitrogens with one attached hydrogen (secondary N) is 1. The fraction of sp³-hybridized carbons (Fsp3) is 0.538. The van der Waals surface area contributed by atoms with E-state index in [-0.39, 0.29) is 6.54 Å². The molecule has 1 aromatic carbocycles. The lowest BCUT2D eigenvalue weighted by molar-refractivity contribution is 0.191. The minimum Gasteiger partial charge on any atom is -0.316 e. The quantitative estimate of drug-likeness (QED) is 0.832. The molecule has 1 N–H and O–H groups in total. The molecule has 0 amide bonds. The summed E-state index contributed by atoms with van der Waals surface area (Å²) in [5.74, 6) is 0. The molecule has 3 heteroatoms. The largest absolute Gasteiger partial charge is 0.316 e. The summed E-state index contributed by atoms with van der Waals surface area (Å²) in [6, 6.07) is 5.49. The highest BCUT2D eigenvalue weighted by molar-refractivity contribution is 6.31. The Morgan fingerprint density at radius 1 is 1.44 bits per heavy atom. The van der Waals surface area contributed by atoms with Crippen LogP contribution in [0.1, 0.15) is 31.4 Å². The zero-order valence-electron chi connectivity index (χ0n) is 10.1. The SMILES string of the molecule is CCCc1ccc(C(C)(F)CNC)cc1Cl. The van der Waals surface area contributed by atoms with Gasteiger partial charge >= 0.3 is 0 Å². The number of likely N-dealkylation sites (N-methyl/N-ethyl adjacent to an activating group) is 1. The maximum absolute atomic E-state index is 14.2. The molecule has 0 heterocycles. The van der Waals surface area contributed by atoms with Crippen molar-refractivity contribution in [3.63, 3.8) is 0 Å². The molecular formula is C13H19ClFN. The molecule has 1 aromatic rings. The summed E-state index contributed by atoms with van der Waals surface area (Å²) in [6.45, 7) is 3.95. The lowest BCUT2D eigenvalue weighted by Crippen LogP contribution is -2.29. The molecule has 0 aliphatic rings. The molecule has 0 fully saturated rings. The van der Waals surface area contributed by atoms with E-state index in [4.69, 9.17) is 11.6 Å². The molecule has 0 saturated heterocycles. The van der Waals surface area contributed by atoms with Crippen molar-refractivity contribution in [1.82, 2.24) is 5.32 Å². The van der Waals surface area contributed by atoms with Gasteiger partial charge in [0.15, 0.2) is 0 Å². The van der Waals surface area contributed by atoms with E-state index in [0.29, 0.717) is 10.6 Å². The molecule has 0 saturated carbocycles. The lowest BCUT2D eigenvalue weighted by Gasteiger charge is -2.21. The van der Waals surface area contributed by atoms with Crippen molar-refractivity contribution in [1.29, 1.82) is 0 Å². The maximum atomic E-state index is 14.2. The average Bonchev–Trinajstić information content (AvgIpc) is 2.21. The van der Waals surface area contributed by atoms with Crippen LogP contribution in [0.3, 0.4) is 0 Å². The van der Waals surface area contributed by atoms with Crippen molar-refractivity contribution in [3.8, 4) is 0 Å². The Morgan fingerprint density at radius 3 is 2.62 bits per heavy atom. The van der Waals surface area contributed by atoms with Gasteiger partial charge in [-0.3, -0.25) is 0 Å². The van der Waals surface area contributed by atoms with Gasteiger partial charge < -0.3 is 5.32 Å². The Bertz CT molecular complexity index is 350. The standard InChI is InChI=1S/C13H19ClFN/c1-4-5-10-6-7-11(8-12(10)14)13(2,15)9-16-3/h6-8,16H,4-5,9H2,1-3H3. The lowest BCUT2D eigenvalue weighted by atomic mass is 9.96. The summed E-state index contributed by atoms with van der Waals surface area (Å²) >= 11 is 6.13. The molecule has 0 aliphatic carbocycles. The van der Waals surface area contributed by atoms with E-state index >= 15 is 0 Å². The molecule has 1 rings (SSSR count). The van der Waals surface area contributed by atoms with Crippen LogP contribution in [0.2, 0.25) is 5.02 Å². The van der Waals surface area contributed by atoms with Crippen LogP contribution in [0.5, 0.6) is 0 Å². The minimum atomic E-state index is -1.37. The predicted octanol–water partition coefficient (Wildman–Crippen LogP) is 3.70. The second-order valence-corrected chi connectivity index (χ2v) is 4.69. The van der Waals surface area contributed by atoms with Crippen LogP contribution in [0.25, 0.3) is 0 Å². The number of alkyl halides is 1. The Balaban J connectivity index is 2.96. The van der Waals surface area contributed by atoms with Crippen molar-refractivity contribution < 1.29 is 4.39 Å². The zero-order valence-corrected chi connectivity index (χ0v) is 10.9. The fourth-order valence-electron chi connectivity index (χ4n) is 1.78. The molecule has 0 bridgehead atoms. The maximum Gasteiger partial charge on any atom is 0.145 e. The third-order valence-corrected chi connectivity index (χ3v) is 3.03. The fourth-order valence-corrected chi connectivity index (χ4v) is 2.05. The molecule has 0 spiro atoms. The van der Waals surface area contributed by atoms with Crippen molar-refractivity contribution in [2.24, 2.45) is 0 Å². The van der Waals surface area contributed by atoms with E-state index in [1.807, 2.05) is 12.1 Å². The Kier molecular flexibility index (Phi) is 4.75. The van der Waals surface area contributed by atoms with Gasteiger partial charge in [-0.05, 0) is 37.6 Å². The van der Waals surface area contributed by atoms with Gasteiger partial charge in [0.2, 0.25) is 0 Å². The summed E-state index contributed by atoms with van der Waals surface area (Å²) < 4.78 is 14.2. The minimum absolute atomic E-state index is 0.288. The molecule has 0 aromatic heterocycles. The summed E-state index contributed by atoms with van der Waals surface area (Å²) in [6.07, 6.45) is 1.98. The average molecular weight is 244 g/mol. The van der Waals surface area contributed by atoms with Crippen molar-refractivity contribution in [2.75, 3.05) is 13.6 Å². The van der Waals surface area contributed by atoms with Crippen molar-refractivity contribution in [3.05, 3.63) is 34.3 Å². The summed E-state index contributed by atoms with van der Waals surface area (Å²) in [7, 11) is 1.74. The van der Waals surface area contributed by atoms with Crippen LogP contribution in [-0.4, -0.2) is 13.6 Å². The van der Waals surface area contributed by atoms with Crippen LogP contribution < -0.4 is 5.32 Å². The highest BCUT2D eigenvalue weighted by atomic mass is 35.5. The summed E-state index contributed by atoms with van der Waals surface area (Å²) in [5.41, 5.74) is 0.350. The Morgan fingerprint density at radius 2 is 2.12 bits per heavy atom. The molecular weight excluding hydrogens is 225 g/mol. The first kappa shape index (κ1) is 13.5. The van der Waals surface area contributed by atoms with Gasteiger partial charge in [0.05, 0.1) is 0 Å². The highest BCUT2D eigenvalue weighted by Crippen LogP contribution is 2.29. The Hall–Kier alpha value is -0.600. The first-order valence-electron chi connectivity index (χ1n) is 5.63. The van der Waals surface area contributed by atoms with E-state index in [1.54, 1.807) is 20.0 Å². The number of halogens is 2. The first-order valence-corrected chi connectivity index (χ1v) is 6.01. The van der Waals surface area contributed by atoms with E-state index in [9.17, 15) is 4.39 Å². The number of hydrogen-bond acceptors (Lipinski definition) is 1. The third-order valence-electron chi connectivity index (χ3n) is 2.68. The molecule has 0 aliphatic heterocycles. The monoisotopic (exact) mass is 243 g/mol. The number of hydrogen-bond donors (Lipinski definition) is 1. The van der Waals surface area contributed by atoms with Gasteiger partial charge in [0.25, 0.3) is 0 Å². The molecule has 16 heavy (non-hydrogen) atoms. The van der Waals surface area contributed by atoms with E-state index in [0.717, 1.165) is 18.4 Å². The van der Waals surface area contributed by atoms with Crippen molar-refractivity contribution in [2.45, 2.75) is 32.4 Å². The predicted molar refractivity (Wildman–Crippen MR) is 67.8 cm³/mol. The Labute approximate surface area is 102 Å². The van der Waals surface area contributed by atoms with Crippen LogP contribution >= 0.6 is 11.6 Å². The normalized spacial score (nSPS) is 14.8. The topological polar surface area (TPSA) is 12.0 Å². The molecule has 1 atom stereocenters. The summed E-state index contributed by atoms with van der Waals surface area (Å²) in [4.78, 5) is 0. The van der Waals surface area contributed by atoms with Crippen LogP contribution in [0.15, 0.2) is 18.2 Å². The van der Waals surface area contributed by atoms with Gasteiger partial charge in [-0.2, -0.15) is 0 Å². The second-order valence-electron chi connectivity index (χ2n) is 4.28. The third kappa shape index (κ3) is 3.19. The number of aryl methyl sites for hydroxylation is 1. The molecule has 0 radical (unpaired) electrons. The second kappa shape index (κ2) is 5.65. The number of rotatable bonds is 5.